The van der Waals surface area contributed by atoms with Crippen LogP contribution in [0.25, 0.3) is 11.4 Å². The fourth-order valence-corrected chi connectivity index (χ4v) is 3.94. The Hall–Kier alpha value is -1.79. The first-order chi connectivity index (χ1) is 11.7. The van der Waals surface area contributed by atoms with Gasteiger partial charge in [0.05, 0.1) is 5.56 Å². The summed E-state index contributed by atoms with van der Waals surface area (Å²) in [4.78, 5) is 4.44. The fraction of sp³-hybridized carbons (Fsp3) is 0.278. The number of pyridine rings is 1. The standard InChI is InChI=1S/C18H20N4S2/c1-4-22-16(15-6-5-11-19-17(15)23-3)20-21-18(22)24-12-14-9-7-13(2)8-10-14/h5-11H,4,12H2,1-3H3. The van der Waals surface area contributed by atoms with Crippen molar-refractivity contribution in [3.8, 4) is 11.4 Å². The lowest BCUT2D eigenvalue weighted by Gasteiger charge is -2.09. The van der Waals surface area contributed by atoms with Crippen molar-refractivity contribution in [1.29, 1.82) is 0 Å². The lowest BCUT2D eigenvalue weighted by molar-refractivity contribution is 0.686. The van der Waals surface area contributed by atoms with Gasteiger partial charge in [-0.2, -0.15) is 0 Å². The second kappa shape index (κ2) is 7.85. The molecular weight excluding hydrogens is 336 g/mol. The molecule has 24 heavy (non-hydrogen) atoms. The smallest absolute Gasteiger partial charge is 0.191 e. The van der Waals surface area contributed by atoms with E-state index in [1.807, 2.05) is 18.5 Å². The third-order valence-electron chi connectivity index (χ3n) is 3.73. The quantitative estimate of drug-likeness (QED) is 0.600. The van der Waals surface area contributed by atoms with Gasteiger partial charge >= 0.3 is 0 Å². The van der Waals surface area contributed by atoms with E-state index in [9.17, 15) is 0 Å². The SMILES string of the molecule is CCn1c(SCc2ccc(C)cc2)nnc1-c1cccnc1SC. The molecule has 0 amide bonds. The normalized spacial score (nSPS) is 11.0. The van der Waals surface area contributed by atoms with Gasteiger partial charge in [0.2, 0.25) is 0 Å². The molecule has 0 radical (unpaired) electrons. The Morgan fingerprint density at radius 3 is 2.58 bits per heavy atom. The first-order valence-electron chi connectivity index (χ1n) is 7.84. The summed E-state index contributed by atoms with van der Waals surface area (Å²) in [7, 11) is 0. The second-order valence-electron chi connectivity index (χ2n) is 5.38. The van der Waals surface area contributed by atoms with Gasteiger partial charge in [0.15, 0.2) is 11.0 Å². The van der Waals surface area contributed by atoms with E-state index in [0.29, 0.717) is 0 Å². The molecule has 3 rings (SSSR count). The third kappa shape index (κ3) is 3.65. The molecule has 1 aromatic carbocycles. The van der Waals surface area contributed by atoms with E-state index < -0.39 is 0 Å². The summed E-state index contributed by atoms with van der Waals surface area (Å²) < 4.78 is 2.16. The first kappa shape index (κ1) is 17.0. The Morgan fingerprint density at radius 2 is 1.88 bits per heavy atom. The largest absolute Gasteiger partial charge is 0.302 e. The molecule has 6 heteroatoms. The average molecular weight is 357 g/mol. The van der Waals surface area contributed by atoms with E-state index in [1.54, 1.807) is 23.5 Å². The molecule has 0 aliphatic rings. The maximum atomic E-state index is 4.44. The Bertz CT molecular complexity index is 812. The zero-order valence-corrected chi connectivity index (χ0v) is 15.7. The third-order valence-corrected chi connectivity index (χ3v) is 5.48. The lowest BCUT2D eigenvalue weighted by atomic mass is 10.2. The molecule has 0 unspecified atom stereocenters. The van der Waals surface area contributed by atoms with Gasteiger partial charge in [-0.15, -0.1) is 22.0 Å². The molecule has 0 bridgehead atoms. The van der Waals surface area contributed by atoms with Gasteiger partial charge in [-0.3, -0.25) is 0 Å². The number of hydrogen-bond acceptors (Lipinski definition) is 5. The van der Waals surface area contributed by atoms with Gasteiger partial charge < -0.3 is 4.57 Å². The molecule has 0 fully saturated rings. The van der Waals surface area contributed by atoms with E-state index in [1.165, 1.54) is 11.1 Å². The Morgan fingerprint density at radius 1 is 1.08 bits per heavy atom. The molecule has 0 saturated heterocycles. The number of rotatable bonds is 6. The summed E-state index contributed by atoms with van der Waals surface area (Å²) in [6.07, 6.45) is 3.85. The van der Waals surface area contributed by atoms with Crippen LogP contribution in [0.15, 0.2) is 52.8 Å². The molecule has 3 aromatic rings. The lowest BCUT2D eigenvalue weighted by Crippen LogP contribution is -2.01. The average Bonchev–Trinajstić information content (AvgIpc) is 3.04. The first-order valence-corrected chi connectivity index (χ1v) is 10.0. The van der Waals surface area contributed by atoms with Crippen LogP contribution in [0.2, 0.25) is 0 Å². The molecule has 4 nitrogen and oxygen atoms in total. The minimum absolute atomic E-state index is 0.835. The van der Waals surface area contributed by atoms with Crippen molar-refractivity contribution in [3.05, 3.63) is 53.7 Å². The van der Waals surface area contributed by atoms with Crippen molar-refractivity contribution in [2.45, 2.75) is 36.3 Å². The van der Waals surface area contributed by atoms with Crippen LogP contribution in [0.4, 0.5) is 0 Å². The number of thioether (sulfide) groups is 2. The van der Waals surface area contributed by atoms with Crippen molar-refractivity contribution in [1.82, 2.24) is 19.7 Å². The summed E-state index contributed by atoms with van der Waals surface area (Å²) in [5, 5.41) is 10.8. The Balaban J connectivity index is 1.85. The zero-order valence-electron chi connectivity index (χ0n) is 14.1. The van der Waals surface area contributed by atoms with Crippen LogP contribution >= 0.6 is 23.5 Å². The summed E-state index contributed by atoms with van der Waals surface area (Å²) in [5.74, 6) is 1.78. The molecule has 0 aliphatic carbocycles. The van der Waals surface area contributed by atoms with Crippen LogP contribution in [0.3, 0.4) is 0 Å². The van der Waals surface area contributed by atoms with Gasteiger partial charge in [0.25, 0.3) is 0 Å². The van der Waals surface area contributed by atoms with Crippen LogP contribution in [-0.4, -0.2) is 26.0 Å². The molecular formula is C18H20N4S2. The highest BCUT2D eigenvalue weighted by Crippen LogP contribution is 2.30. The van der Waals surface area contributed by atoms with Crippen LogP contribution in [0.1, 0.15) is 18.1 Å². The van der Waals surface area contributed by atoms with Gasteiger partial charge in [-0.1, -0.05) is 41.6 Å². The van der Waals surface area contributed by atoms with Gasteiger partial charge in [-0.05, 0) is 37.8 Å². The van der Waals surface area contributed by atoms with Crippen molar-refractivity contribution in [2.24, 2.45) is 0 Å². The molecule has 0 spiro atoms. The Labute approximate surface area is 151 Å². The molecule has 2 aromatic heterocycles. The van der Waals surface area contributed by atoms with E-state index >= 15 is 0 Å². The summed E-state index contributed by atoms with van der Waals surface area (Å²) in [6, 6.07) is 12.6. The van der Waals surface area contributed by atoms with Gasteiger partial charge in [0.1, 0.15) is 5.03 Å². The van der Waals surface area contributed by atoms with Crippen LogP contribution in [-0.2, 0) is 12.3 Å². The van der Waals surface area contributed by atoms with Crippen molar-refractivity contribution in [2.75, 3.05) is 6.26 Å². The van der Waals surface area contributed by atoms with Crippen LogP contribution in [0, 0.1) is 6.92 Å². The number of hydrogen-bond donors (Lipinski definition) is 0. The predicted molar refractivity (Wildman–Crippen MR) is 101 cm³/mol. The number of aryl methyl sites for hydroxylation is 1. The summed E-state index contributed by atoms with van der Waals surface area (Å²) in [5.41, 5.74) is 3.62. The molecule has 0 atom stereocenters. The highest BCUT2D eigenvalue weighted by Gasteiger charge is 2.16. The van der Waals surface area contributed by atoms with E-state index in [-0.39, 0.29) is 0 Å². The van der Waals surface area contributed by atoms with Gasteiger partial charge in [-0.25, -0.2) is 4.98 Å². The number of aromatic nitrogens is 4. The molecule has 2 heterocycles. The zero-order chi connectivity index (χ0) is 16.9. The van der Waals surface area contributed by atoms with E-state index in [0.717, 1.165) is 33.9 Å². The summed E-state index contributed by atoms with van der Waals surface area (Å²) >= 11 is 3.35. The highest BCUT2D eigenvalue weighted by molar-refractivity contribution is 7.98. The highest BCUT2D eigenvalue weighted by atomic mass is 32.2. The molecule has 0 N–H and O–H groups in total. The second-order valence-corrected chi connectivity index (χ2v) is 7.12. The molecule has 0 saturated carbocycles. The maximum absolute atomic E-state index is 4.44. The van der Waals surface area contributed by atoms with Crippen LogP contribution in [0.5, 0.6) is 0 Å². The van der Waals surface area contributed by atoms with Gasteiger partial charge in [0, 0.05) is 18.5 Å². The van der Waals surface area contributed by atoms with Crippen molar-refractivity contribution in [3.63, 3.8) is 0 Å². The monoisotopic (exact) mass is 356 g/mol. The predicted octanol–water partition coefficient (Wildman–Crippen LogP) is 4.68. The molecule has 0 aliphatic heterocycles. The Kier molecular flexibility index (Phi) is 5.58. The van der Waals surface area contributed by atoms with Crippen LogP contribution < -0.4 is 0 Å². The summed E-state index contributed by atoms with van der Waals surface area (Å²) in [6.45, 7) is 5.06. The number of nitrogens with zero attached hydrogens (tertiary/aromatic N) is 4. The van der Waals surface area contributed by atoms with Crippen molar-refractivity contribution < 1.29 is 0 Å². The fourth-order valence-electron chi connectivity index (χ4n) is 2.44. The number of benzene rings is 1. The molecule has 124 valence electrons. The maximum Gasteiger partial charge on any atom is 0.191 e. The minimum atomic E-state index is 0.835. The van der Waals surface area contributed by atoms with E-state index in [2.05, 4.69) is 63.9 Å². The van der Waals surface area contributed by atoms with Crippen molar-refractivity contribution >= 4 is 23.5 Å². The topological polar surface area (TPSA) is 43.6 Å². The minimum Gasteiger partial charge on any atom is -0.302 e. The van der Waals surface area contributed by atoms with E-state index in [4.69, 9.17) is 0 Å².